The molecule has 1 atom stereocenters. The summed E-state index contributed by atoms with van der Waals surface area (Å²) >= 11 is 6.12. The molecule has 0 heterocycles. The van der Waals surface area contributed by atoms with E-state index in [9.17, 15) is 13.0 Å². The maximum Gasteiger partial charge on any atom is 0.154 e. The van der Waals surface area contributed by atoms with Gasteiger partial charge in [-0.1, -0.05) is 75.2 Å². The van der Waals surface area contributed by atoms with Gasteiger partial charge in [-0.2, -0.15) is 0 Å². The molecule has 0 spiro atoms. The molecule has 0 amide bonds. The first-order valence-corrected chi connectivity index (χ1v) is 12.5. The van der Waals surface area contributed by atoms with Gasteiger partial charge in [-0.25, -0.2) is 8.42 Å². The molecular weight excluding hydrogens is 394 g/mol. The molecule has 0 bridgehead atoms. The predicted molar refractivity (Wildman–Crippen MR) is 119 cm³/mol. The molecule has 0 fully saturated rings. The van der Waals surface area contributed by atoms with E-state index >= 15 is 0 Å². The summed E-state index contributed by atoms with van der Waals surface area (Å²) in [5, 5.41) is 0. The number of quaternary nitrogens is 1. The quantitative estimate of drug-likeness (QED) is 0.124. The third kappa shape index (κ3) is 13.5. The van der Waals surface area contributed by atoms with Crippen molar-refractivity contribution in [3.05, 3.63) is 29.8 Å². The summed E-state index contributed by atoms with van der Waals surface area (Å²) in [7, 11) is -1.96. The van der Waals surface area contributed by atoms with Crippen molar-refractivity contribution < 1.29 is 17.5 Å². The van der Waals surface area contributed by atoms with Crippen molar-refractivity contribution in [1.82, 2.24) is 0 Å². The van der Waals surface area contributed by atoms with Crippen LogP contribution in [0.2, 0.25) is 0 Å². The van der Waals surface area contributed by atoms with Crippen LogP contribution >= 0.6 is 11.6 Å². The van der Waals surface area contributed by atoms with Crippen molar-refractivity contribution in [1.29, 1.82) is 0 Å². The largest absolute Gasteiger partial charge is 0.744 e. The normalized spacial score (nSPS) is 13.5. The van der Waals surface area contributed by atoms with Gasteiger partial charge in [0.15, 0.2) is 6.00 Å². The van der Waals surface area contributed by atoms with Gasteiger partial charge in [0.05, 0.1) is 25.0 Å². The van der Waals surface area contributed by atoms with Crippen molar-refractivity contribution in [3.8, 4) is 0 Å². The van der Waals surface area contributed by atoms with E-state index in [-0.39, 0.29) is 4.90 Å². The summed E-state index contributed by atoms with van der Waals surface area (Å²) < 4.78 is 32.2. The van der Waals surface area contributed by atoms with Crippen molar-refractivity contribution in [2.75, 3.05) is 26.1 Å². The summed E-state index contributed by atoms with van der Waals surface area (Å²) in [4.78, 5) is -0.178. The predicted octanol–water partition coefficient (Wildman–Crippen LogP) is 6.08. The van der Waals surface area contributed by atoms with E-state index in [1.165, 1.54) is 83.0 Å². The number of alkyl halides is 1. The first-order chi connectivity index (χ1) is 13.2. The van der Waals surface area contributed by atoms with Crippen LogP contribution in [0.3, 0.4) is 0 Å². The van der Waals surface area contributed by atoms with Crippen LogP contribution in [0.5, 0.6) is 0 Å². The fourth-order valence-corrected chi connectivity index (χ4v) is 3.66. The molecule has 0 aromatic heterocycles. The minimum absolute atomic E-state index is 0.178. The van der Waals surface area contributed by atoms with Crippen LogP contribution in [-0.4, -0.2) is 43.6 Å². The van der Waals surface area contributed by atoms with Gasteiger partial charge in [-0.3, -0.25) is 0 Å². The van der Waals surface area contributed by atoms with Gasteiger partial charge in [0, 0.05) is 0 Å². The molecule has 1 aromatic rings. The highest BCUT2D eigenvalue weighted by Gasteiger charge is 2.18. The Labute approximate surface area is 178 Å². The fraction of sp³-hybridized carbons (Fsp3) is 0.727. The van der Waals surface area contributed by atoms with E-state index < -0.39 is 10.1 Å². The lowest BCUT2D eigenvalue weighted by Gasteiger charge is -2.32. The summed E-state index contributed by atoms with van der Waals surface area (Å²) in [5.41, 5.74) is 0.928. The minimum atomic E-state index is -4.27. The second kappa shape index (κ2) is 15.3. The number of hydrogen-bond donors (Lipinski definition) is 0. The molecule has 1 aromatic carbocycles. The van der Waals surface area contributed by atoms with E-state index in [2.05, 4.69) is 20.9 Å². The molecule has 0 saturated heterocycles. The topological polar surface area (TPSA) is 57.2 Å². The Kier molecular flexibility index (Phi) is 14.9. The Balaban J connectivity index is 0.000000567. The maximum atomic E-state index is 10.4. The average molecular weight is 434 g/mol. The minimum Gasteiger partial charge on any atom is -0.744 e. The second-order valence-corrected chi connectivity index (χ2v) is 9.55. The molecule has 0 saturated carbocycles. The molecule has 0 aliphatic heterocycles. The van der Waals surface area contributed by atoms with Gasteiger partial charge >= 0.3 is 0 Å². The van der Waals surface area contributed by atoms with Crippen LogP contribution < -0.4 is 0 Å². The van der Waals surface area contributed by atoms with Gasteiger partial charge < -0.3 is 9.04 Å². The van der Waals surface area contributed by atoms with E-state index in [0.29, 0.717) is 0 Å². The van der Waals surface area contributed by atoms with E-state index in [0.717, 1.165) is 16.1 Å². The average Bonchev–Trinajstić information content (AvgIpc) is 2.65. The third-order valence-electron chi connectivity index (χ3n) is 4.95. The summed E-state index contributed by atoms with van der Waals surface area (Å²) in [6.45, 7) is 8.88. The maximum absolute atomic E-state index is 10.4. The standard InChI is InChI=1S/C15H33ClN.C7H8O3S/c1-4-6-8-9-10-12-14-17(3,15-16)13-11-7-5-2;1-6-2-4-7(5-3-6)11(8,9)10/h4-15H2,1-3H3;2-5H,1H3,(H,8,9,10)/q+1;/p-1. The molecule has 1 unspecified atom stereocenters. The van der Waals surface area contributed by atoms with E-state index in [4.69, 9.17) is 11.6 Å². The number of aryl methyl sites for hydroxylation is 1. The Bertz CT molecular complexity index is 605. The van der Waals surface area contributed by atoms with Crippen LogP contribution in [0.1, 0.15) is 77.2 Å². The third-order valence-corrected chi connectivity index (χ3v) is 6.38. The van der Waals surface area contributed by atoms with Gasteiger partial charge in [0.25, 0.3) is 0 Å². The molecule has 28 heavy (non-hydrogen) atoms. The highest BCUT2D eigenvalue weighted by molar-refractivity contribution is 7.85. The van der Waals surface area contributed by atoms with Gasteiger partial charge in [-0.15, -0.1) is 0 Å². The number of nitrogens with zero attached hydrogens (tertiary/aromatic N) is 1. The van der Waals surface area contributed by atoms with E-state index in [1.807, 2.05) is 6.92 Å². The molecule has 6 heteroatoms. The lowest BCUT2D eigenvalue weighted by molar-refractivity contribution is -0.899. The zero-order valence-electron chi connectivity index (χ0n) is 18.3. The van der Waals surface area contributed by atoms with Gasteiger partial charge in [-0.05, 0) is 44.7 Å². The summed E-state index contributed by atoms with van der Waals surface area (Å²) in [6.07, 6.45) is 12.3. The monoisotopic (exact) mass is 433 g/mol. The van der Waals surface area contributed by atoms with Crippen molar-refractivity contribution in [2.45, 2.75) is 83.5 Å². The highest BCUT2D eigenvalue weighted by Crippen LogP contribution is 2.13. The lowest BCUT2D eigenvalue weighted by Crippen LogP contribution is -2.44. The number of benzene rings is 1. The zero-order chi connectivity index (χ0) is 21.5. The first kappa shape index (κ1) is 27.4. The zero-order valence-corrected chi connectivity index (χ0v) is 19.8. The molecular formula is C22H40ClNO3S. The molecule has 0 N–H and O–H groups in total. The molecule has 0 aliphatic rings. The summed E-state index contributed by atoms with van der Waals surface area (Å²) in [5.74, 6) is 0. The SMILES string of the molecule is CCCCCCCC[N+](C)(CCl)CCCCC.Cc1ccc(S(=O)(=O)[O-])cc1. The number of unbranched alkanes of at least 4 members (excludes halogenated alkanes) is 7. The molecule has 0 aliphatic carbocycles. The van der Waals surface area contributed by atoms with Crippen LogP contribution in [0.15, 0.2) is 29.2 Å². The number of hydrogen-bond acceptors (Lipinski definition) is 3. The van der Waals surface area contributed by atoms with E-state index in [1.54, 1.807) is 12.1 Å². The molecule has 164 valence electrons. The molecule has 1 rings (SSSR count). The fourth-order valence-electron chi connectivity index (χ4n) is 2.95. The smallest absolute Gasteiger partial charge is 0.154 e. The Morgan fingerprint density at radius 3 is 1.75 bits per heavy atom. The van der Waals surface area contributed by atoms with Crippen molar-refractivity contribution in [3.63, 3.8) is 0 Å². The lowest BCUT2D eigenvalue weighted by atomic mass is 10.1. The molecule has 4 nitrogen and oxygen atoms in total. The van der Waals surface area contributed by atoms with Crippen molar-refractivity contribution in [2.24, 2.45) is 0 Å². The van der Waals surface area contributed by atoms with Gasteiger partial charge in [0.1, 0.15) is 10.1 Å². The highest BCUT2D eigenvalue weighted by atomic mass is 35.5. The Morgan fingerprint density at radius 1 is 0.857 bits per heavy atom. The van der Waals surface area contributed by atoms with Crippen LogP contribution in [-0.2, 0) is 10.1 Å². The number of rotatable bonds is 13. The second-order valence-electron chi connectivity index (χ2n) is 7.93. The van der Waals surface area contributed by atoms with Crippen LogP contribution in [0.4, 0.5) is 0 Å². The van der Waals surface area contributed by atoms with Crippen molar-refractivity contribution >= 4 is 21.7 Å². The van der Waals surface area contributed by atoms with Gasteiger partial charge in [0.2, 0.25) is 0 Å². The summed E-state index contributed by atoms with van der Waals surface area (Å²) in [6, 6.07) is 6.56. The van der Waals surface area contributed by atoms with Crippen LogP contribution in [0.25, 0.3) is 0 Å². The molecule has 0 radical (unpaired) electrons. The Morgan fingerprint density at radius 2 is 1.29 bits per heavy atom. The number of halogens is 1. The van der Waals surface area contributed by atoms with Crippen LogP contribution in [0, 0.1) is 6.92 Å². The Hall–Kier alpha value is -0.620. The first-order valence-electron chi connectivity index (χ1n) is 10.6.